The Bertz CT molecular complexity index is 912. The lowest BCUT2D eigenvalue weighted by Crippen LogP contribution is -2.53. The highest BCUT2D eigenvalue weighted by molar-refractivity contribution is 7.94. The third kappa shape index (κ3) is 3.45. The molecule has 138 valence electrons. The number of allylic oxidation sites excluding steroid dienone is 2. The molecule has 2 rings (SSSR count). The summed E-state index contributed by atoms with van der Waals surface area (Å²) in [6.45, 7) is 1.26. The van der Waals surface area contributed by atoms with Gasteiger partial charge in [-0.05, 0) is 17.7 Å². The Labute approximate surface area is 149 Å². The molecule has 0 radical (unpaired) electrons. The minimum atomic E-state index is -4.29. The number of hydrogen-bond donors (Lipinski definition) is 2. The van der Waals surface area contributed by atoms with Crippen LogP contribution in [0.5, 0.6) is 0 Å². The zero-order valence-electron chi connectivity index (χ0n) is 13.8. The molecular formula is C18H17FO6S. The first kappa shape index (κ1) is 19.6. The summed E-state index contributed by atoms with van der Waals surface area (Å²) in [6.07, 6.45) is 6.02. The first-order valence-electron chi connectivity index (χ1n) is 7.62. The number of carboxylic acid groups (broad SMARTS) is 2. The molecule has 0 amide bonds. The van der Waals surface area contributed by atoms with Crippen molar-refractivity contribution in [1.29, 1.82) is 0 Å². The van der Waals surface area contributed by atoms with Gasteiger partial charge in [-0.1, -0.05) is 49.4 Å². The second kappa shape index (κ2) is 7.25. The fourth-order valence-electron chi connectivity index (χ4n) is 2.86. The Morgan fingerprint density at radius 1 is 1.23 bits per heavy atom. The van der Waals surface area contributed by atoms with Crippen molar-refractivity contribution in [3.63, 3.8) is 0 Å². The van der Waals surface area contributed by atoms with E-state index in [4.69, 9.17) is 0 Å². The predicted molar refractivity (Wildman–Crippen MR) is 93.6 cm³/mol. The highest BCUT2D eigenvalue weighted by atomic mass is 32.2. The van der Waals surface area contributed by atoms with E-state index in [2.05, 4.69) is 0 Å². The number of aliphatic carboxylic acids is 2. The zero-order valence-corrected chi connectivity index (χ0v) is 14.6. The summed E-state index contributed by atoms with van der Waals surface area (Å²) in [7, 11) is -4.29. The molecule has 1 aliphatic carbocycles. The lowest BCUT2D eigenvalue weighted by Gasteiger charge is -2.33. The second-order valence-corrected chi connectivity index (χ2v) is 8.08. The van der Waals surface area contributed by atoms with Crippen molar-refractivity contribution >= 4 is 27.9 Å². The van der Waals surface area contributed by atoms with Crippen LogP contribution in [0.15, 0.2) is 54.1 Å². The van der Waals surface area contributed by atoms with Crippen LogP contribution in [0.3, 0.4) is 0 Å². The smallest absolute Gasteiger partial charge is 0.331 e. The van der Waals surface area contributed by atoms with Crippen LogP contribution in [0, 0.1) is 11.7 Å². The van der Waals surface area contributed by atoms with Crippen LogP contribution in [-0.4, -0.2) is 41.1 Å². The molecule has 0 aliphatic heterocycles. The van der Waals surface area contributed by atoms with E-state index in [0.717, 1.165) is 12.2 Å². The molecule has 1 aliphatic rings. The molecule has 0 fully saturated rings. The number of carboxylic acids is 2. The molecule has 1 aromatic rings. The van der Waals surface area contributed by atoms with Gasteiger partial charge in [0.1, 0.15) is 5.82 Å². The van der Waals surface area contributed by atoms with Crippen molar-refractivity contribution in [3.8, 4) is 0 Å². The van der Waals surface area contributed by atoms with E-state index in [1.54, 1.807) is 0 Å². The van der Waals surface area contributed by atoms with E-state index in [-0.39, 0.29) is 5.57 Å². The van der Waals surface area contributed by atoms with Crippen molar-refractivity contribution in [2.75, 3.05) is 5.75 Å². The number of benzene rings is 1. The van der Waals surface area contributed by atoms with Crippen molar-refractivity contribution in [3.05, 3.63) is 65.5 Å². The van der Waals surface area contributed by atoms with Crippen molar-refractivity contribution in [2.45, 2.75) is 11.7 Å². The van der Waals surface area contributed by atoms with Crippen molar-refractivity contribution in [2.24, 2.45) is 5.92 Å². The van der Waals surface area contributed by atoms with Gasteiger partial charge in [-0.25, -0.2) is 17.6 Å². The molecule has 2 N–H and O–H groups in total. The molecule has 1 aromatic carbocycles. The Hall–Kier alpha value is -2.74. The minimum Gasteiger partial charge on any atom is -0.480 e. The Balaban J connectivity index is 2.36. The van der Waals surface area contributed by atoms with Gasteiger partial charge in [-0.2, -0.15) is 0 Å². The average molecular weight is 380 g/mol. The molecule has 0 spiro atoms. The molecule has 2 unspecified atom stereocenters. The maximum atomic E-state index is 12.9. The maximum absolute atomic E-state index is 12.9. The Morgan fingerprint density at radius 3 is 2.38 bits per heavy atom. The molecule has 8 heteroatoms. The van der Waals surface area contributed by atoms with Gasteiger partial charge in [-0.15, -0.1) is 0 Å². The van der Waals surface area contributed by atoms with Gasteiger partial charge < -0.3 is 10.2 Å². The van der Waals surface area contributed by atoms with Gasteiger partial charge in [-0.3, -0.25) is 4.79 Å². The van der Waals surface area contributed by atoms with E-state index >= 15 is 0 Å². The number of rotatable bonds is 6. The van der Waals surface area contributed by atoms with E-state index in [1.165, 1.54) is 49.4 Å². The first-order chi connectivity index (χ1) is 12.1. The maximum Gasteiger partial charge on any atom is 0.331 e. The summed E-state index contributed by atoms with van der Waals surface area (Å²) in [5.74, 6) is -5.33. The Morgan fingerprint density at radius 2 is 1.85 bits per heavy atom. The molecule has 0 aromatic heterocycles. The second-order valence-electron chi connectivity index (χ2n) is 5.84. The van der Waals surface area contributed by atoms with Crippen LogP contribution in [0.2, 0.25) is 0 Å². The van der Waals surface area contributed by atoms with Crippen LogP contribution in [0.1, 0.15) is 12.5 Å². The highest BCUT2D eigenvalue weighted by Crippen LogP contribution is 2.38. The van der Waals surface area contributed by atoms with Gasteiger partial charge in [0.2, 0.25) is 0 Å². The fourth-order valence-corrected chi connectivity index (χ4v) is 4.70. The topological polar surface area (TPSA) is 109 Å². The van der Waals surface area contributed by atoms with Crippen LogP contribution in [0.4, 0.5) is 4.39 Å². The predicted octanol–water partition coefficient (Wildman–Crippen LogP) is 2.29. The van der Waals surface area contributed by atoms with E-state index in [1.807, 2.05) is 0 Å². The molecule has 6 nitrogen and oxygen atoms in total. The first-order valence-corrected chi connectivity index (χ1v) is 9.27. The minimum absolute atomic E-state index is 0.291. The molecule has 0 heterocycles. The molecule has 0 saturated carbocycles. The van der Waals surface area contributed by atoms with E-state index < -0.39 is 44.0 Å². The Kier molecular flexibility index (Phi) is 5.46. The monoisotopic (exact) mass is 380 g/mol. The molecule has 0 bridgehead atoms. The third-order valence-electron chi connectivity index (χ3n) is 4.32. The lowest BCUT2D eigenvalue weighted by molar-refractivity contribution is -0.140. The summed E-state index contributed by atoms with van der Waals surface area (Å²) in [4.78, 5) is 23.1. The van der Waals surface area contributed by atoms with Crippen LogP contribution in [-0.2, 0) is 19.4 Å². The summed E-state index contributed by atoms with van der Waals surface area (Å²) in [6, 6.07) is 5.31. The van der Waals surface area contributed by atoms with Crippen LogP contribution in [0.25, 0.3) is 6.08 Å². The number of carbonyl (C=O) groups is 2. The lowest BCUT2D eigenvalue weighted by atomic mass is 9.82. The molecular weight excluding hydrogens is 363 g/mol. The number of halogens is 1. The summed E-state index contributed by atoms with van der Waals surface area (Å²) in [5, 5.41) is 18.8. The number of sulfone groups is 1. The van der Waals surface area contributed by atoms with E-state index in [0.29, 0.717) is 5.56 Å². The molecule has 0 saturated heterocycles. The summed E-state index contributed by atoms with van der Waals surface area (Å²) < 4.78 is 36.1. The molecule has 2 atom stereocenters. The molecule has 26 heavy (non-hydrogen) atoms. The van der Waals surface area contributed by atoms with Gasteiger partial charge in [0, 0.05) is 11.5 Å². The highest BCUT2D eigenvalue weighted by Gasteiger charge is 2.55. The zero-order chi connectivity index (χ0) is 19.5. The standard InChI is InChI=1S/C18H17FO6S/c1-12-15(16(20)21)5-2-10-18(12,17(22)23)26(24,25)11-3-4-13-6-8-14(19)9-7-13/h2-10,12H,11H2,1H3,(H,20,21)(H,22,23). The fraction of sp³-hybridized carbons (Fsp3) is 0.222. The van der Waals surface area contributed by atoms with Gasteiger partial charge in [0.05, 0.1) is 5.75 Å². The van der Waals surface area contributed by atoms with Gasteiger partial charge in [0.25, 0.3) is 0 Å². The average Bonchev–Trinajstić information content (AvgIpc) is 2.56. The quantitative estimate of drug-likeness (QED) is 0.784. The van der Waals surface area contributed by atoms with Crippen molar-refractivity contribution in [1.82, 2.24) is 0 Å². The largest absolute Gasteiger partial charge is 0.480 e. The van der Waals surface area contributed by atoms with Gasteiger partial charge in [0.15, 0.2) is 14.6 Å². The van der Waals surface area contributed by atoms with E-state index in [9.17, 15) is 32.6 Å². The van der Waals surface area contributed by atoms with Crippen molar-refractivity contribution < 1.29 is 32.6 Å². The summed E-state index contributed by atoms with van der Waals surface area (Å²) >= 11 is 0. The summed E-state index contributed by atoms with van der Waals surface area (Å²) in [5.41, 5.74) is 0.255. The van der Waals surface area contributed by atoms with Gasteiger partial charge >= 0.3 is 11.9 Å². The normalized spacial score (nSPS) is 23.0. The number of hydrogen-bond acceptors (Lipinski definition) is 4. The van der Waals surface area contributed by atoms with Crippen LogP contribution >= 0.6 is 0 Å². The SMILES string of the molecule is CC1C(C(=O)O)=CC=CC1(C(=O)O)S(=O)(=O)CC=Cc1ccc(F)cc1. The third-order valence-corrected chi connectivity index (χ3v) is 6.65. The van der Waals surface area contributed by atoms with Crippen LogP contribution < -0.4 is 0 Å².